The van der Waals surface area contributed by atoms with Crippen molar-refractivity contribution >= 4 is 17.3 Å². The molecule has 0 unspecified atom stereocenters. The maximum atomic E-state index is 6.16. The highest BCUT2D eigenvalue weighted by molar-refractivity contribution is 6.30. The van der Waals surface area contributed by atoms with Crippen molar-refractivity contribution in [2.45, 2.75) is 18.4 Å². The molecule has 3 atom stereocenters. The molecule has 100 valence electrons. The predicted octanol–water partition coefficient (Wildman–Crippen LogP) is 4.56. The lowest BCUT2D eigenvalue weighted by molar-refractivity contribution is 0.425. The topological polar surface area (TPSA) is 24.9 Å². The van der Waals surface area contributed by atoms with Gasteiger partial charge in [0.1, 0.15) is 0 Å². The molecule has 0 spiro atoms. The van der Waals surface area contributed by atoms with E-state index < -0.39 is 0 Å². The van der Waals surface area contributed by atoms with E-state index in [9.17, 15) is 0 Å². The van der Waals surface area contributed by atoms with Gasteiger partial charge in [-0.15, -0.1) is 0 Å². The molecule has 0 bridgehead atoms. The molecular formula is C17H15ClN2. The summed E-state index contributed by atoms with van der Waals surface area (Å²) in [4.78, 5) is 4.12. The molecule has 2 nitrogen and oxygen atoms in total. The molecule has 3 heteroatoms. The highest BCUT2D eigenvalue weighted by Crippen LogP contribution is 2.50. The van der Waals surface area contributed by atoms with Crippen LogP contribution in [0.15, 0.2) is 54.9 Å². The molecular weight excluding hydrogens is 268 g/mol. The number of benzene rings is 1. The van der Waals surface area contributed by atoms with Crippen LogP contribution in [0.2, 0.25) is 5.02 Å². The predicted molar refractivity (Wildman–Crippen MR) is 82.0 cm³/mol. The molecule has 1 aromatic heterocycles. The summed E-state index contributed by atoms with van der Waals surface area (Å²) in [7, 11) is 0. The second-order valence-electron chi connectivity index (χ2n) is 5.49. The van der Waals surface area contributed by atoms with Crippen LogP contribution < -0.4 is 5.32 Å². The lowest BCUT2D eigenvalue weighted by Crippen LogP contribution is -2.29. The van der Waals surface area contributed by atoms with E-state index in [-0.39, 0.29) is 0 Å². The van der Waals surface area contributed by atoms with Crippen LogP contribution in [0, 0.1) is 5.92 Å². The van der Waals surface area contributed by atoms with E-state index in [1.54, 1.807) is 0 Å². The molecule has 2 aliphatic rings. The molecule has 1 N–H and O–H groups in total. The monoisotopic (exact) mass is 282 g/mol. The van der Waals surface area contributed by atoms with E-state index in [1.165, 1.54) is 16.8 Å². The smallest absolute Gasteiger partial charge is 0.0555 e. The lowest BCUT2D eigenvalue weighted by atomic mass is 9.77. The van der Waals surface area contributed by atoms with Crippen LogP contribution in [-0.2, 0) is 0 Å². The van der Waals surface area contributed by atoms with Crippen LogP contribution in [0.4, 0.5) is 5.69 Å². The first kappa shape index (κ1) is 12.0. The molecule has 20 heavy (non-hydrogen) atoms. The molecule has 1 aliphatic carbocycles. The third-order valence-electron chi connectivity index (χ3n) is 4.39. The Morgan fingerprint density at radius 2 is 2.00 bits per heavy atom. The Bertz CT molecular complexity index is 666. The Hall–Kier alpha value is -1.80. The number of nitrogens with one attached hydrogen (secondary N) is 1. The van der Waals surface area contributed by atoms with E-state index in [0.717, 1.165) is 11.4 Å². The van der Waals surface area contributed by atoms with Gasteiger partial charge in [0.15, 0.2) is 0 Å². The summed E-state index contributed by atoms with van der Waals surface area (Å²) >= 11 is 6.16. The number of hydrogen-bond donors (Lipinski definition) is 1. The van der Waals surface area contributed by atoms with Crippen LogP contribution in [0.1, 0.15) is 29.5 Å². The van der Waals surface area contributed by atoms with Crippen LogP contribution in [0.3, 0.4) is 0 Å². The molecule has 0 radical (unpaired) electrons. The number of anilines is 1. The molecule has 0 amide bonds. The number of hydrogen-bond acceptors (Lipinski definition) is 2. The summed E-state index contributed by atoms with van der Waals surface area (Å²) < 4.78 is 0. The van der Waals surface area contributed by atoms with E-state index >= 15 is 0 Å². The van der Waals surface area contributed by atoms with Crippen molar-refractivity contribution in [2.75, 3.05) is 5.32 Å². The summed E-state index contributed by atoms with van der Waals surface area (Å²) in [6.07, 6.45) is 9.46. The second kappa shape index (κ2) is 4.64. The van der Waals surface area contributed by atoms with E-state index in [2.05, 4.69) is 46.7 Å². The Labute approximate surface area is 123 Å². The first-order chi connectivity index (χ1) is 9.83. The number of allylic oxidation sites excluding steroid dienone is 2. The minimum atomic E-state index is 0.340. The zero-order valence-electron chi connectivity index (χ0n) is 11.0. The molecule has 0 saturated carbocycles. The summed E-state index contributed by atoms with van der Waals surface area (Å²) in [5, 5.41) is 4.50. The minimum Gasteiger partial charge on any atom is -0.378 e. The molecule has 0 fully saturated rings. The third-order valence-corrected chi connectivity index (χ3v) is 4.63. The van der Waals surface area contributed by atoms with Gasteiger partial charge >= 0.3 is 0 Å². The Kier molecular flexibility index (Phi) is 2.78. The zero-order valence-corrected chi connectivity index (χ0v) is 11.7. The standard InChI is InChI=1S/C17H15ClN2/c18-12-4-5-16-15(10-12)13-2-1-3-14(13)17(20-16)11-6-8-19-9-7-11/h1-2,4-10,13-14,17,20H,3H2/t13-,14+,17-/m1/s1. The third kappa shape index (κ3) is 1.83. The number of fused-ring (bicyclic) bond motifs is 3. The highest BCUT2D eigenvalue weighted by Gasteiger charge is 2.37. The minimum absolute atomic E-state index is 0.340. The second-order valence-corrected chi connectivity index (χ2v) is 5.92. The maximum absolute atomic E-state index is 6.16. The van der Waals surface area contributed by atoms with Gasteiger partial charge in [-0.1, -0.05) is 23.8 Å². The lowest BCUT2D eigenvalue weighted by Gasteiger charge is -2.37. The SMILES string of the molecule is Clc1ccc2c(c1)[C@@H]1C=CC[C@@H]1[C@@H](c1ccncc1)N2. The van der Waals surface area contributed by atoms with Crippen molar-refractivity contribution in [1.82, 2.24) is 4.98 Å². The van der Waals surface area contributed by atoms with Crippen molar-refractivity contribution < 1.29 is 0 Å². The van der Waals surface area contributed by atoms with Gasteiger partial charge in [0.2, 0.25) is 0 Å². The van der Waals surface area contributed by atoms with Crippen molar-refractivity contribution in [1.29, 1.82) is 0 Å². The van der Waals surface area contributed by atoms with Crippen LogP contribution >= 0.6 is 11.6 Å². The van der Waals surface area contributed by atoms with Gasteiger partial charge < -0.3 is 5.32 Å². The zero-order chi connectivity index (χ0) is 13.5. The maximum Gasteiger partial charge on any atom is 0.0555 e. The molecule has 0 saturated heterocycles. The quantitative estimate of drug-likeness (QED) is 0.776. The molecule has 2 heterocycles. The van der Waals surface area contributed by atoms with E-state index in [0.29, 0.717) is 17.9 Å². The fourth-order valence-electron chi connectivity index (χ4n) is 3.47. The Morgan fingerprint density at radius 1 is 1.15 bits per heavy atom. The average Bonchev–Trinajstić information content (AvgIpc) is 2.97. The summed E-state index contributed by atoms with van der Waals surface area (Å²) in [5.74, 6) is 1.02. The van der Waals surface area contributed by atoms with Gasteiger partial charge in [-0.25, -0.2) is 0 Å². The Morgan fingerprint density at radius 3 is 2.85 bits per heavy atom. The van der Waals surface area contributed by atoms with Crippen molar-refractivity contribution in [3.8, 4) is 0 Å². The first-order valence-electron chi connectivity index (χ1n) is 6.95. The number of pyridine rings is 1. The number of nitrogens with zero attached hydrogens (tertiary/aromatic N) is 1. The van der Waals surface area contributed by atoms with Crippen molar-refractivity contribution in [3.05, 3.63) is 71.0 Å². The van der Waals surface area contributed by atoms with E-state index in [1.807, 2.05) is 18.5 Å². The number of aromatic nitrogens is 1. The number of halogens is 1. The van der Waals surface area contributed by atoms with Crippen LogP contribution in [-0.4, -0.2) is 4.98 Å². The average molecular weight is 283 g/mol. The van der Waals surface area contributed by atoms with Crippen LogP contribution in [0.5, 0.6) is 0 Å². The molecule has 4 rings (SSSR count). The summed E-state index contributed by atoms with van der Waals surface area (Å²) in [5.41, 5.74) is 3.82. The summed E-state index contributed by atoms with van der Waals surface area (Å²) in [6, 6.07) is 10.7. The largest absolute Gasteiger partial charge is 0.378 e. The van der Waals surface area contributed by atoms with Gasteiger partial charge in [0.25, 0.3) is 0 Å². The van der Waals surface area contributed by atoms with E-state index in [4.69, 9.17) is 11.6 Å². The number of rotatable bonds is 1. The highest BCUT2D eigenvalue weighted by atomic mass is 35.5. The van der Waals surface area contributed by atoms with Gasteiger partial charge in [-0.05, 0) is 53.8 Å². The molecule has 2 aromatic rings. The van der Waals surface area contributed by atoms with Crippen molar-refractivity contribution in [3.63, 3.8) is 0 Å². The van der Waals surface area contributed by atoms with Crippen LogP contribution in [0.25, 0.3) is 0 Å². The molecule has 1 aromatic carbocycles. The fourth-order valence-corrected chi connectivity index (χ4v) is 3.65. The van der Waals surface area contributed by atoms with Gasteiger partial charge in [-0.3, -0.25) is 4.98 Å². The first-order valence-corrected chi connectivity index (χ1v) is 7.33. The van der Waals surface area contributed by atoms with Gasteiger partial charge in [-0.2, -0.15) is 0 Å². The normalized spacial score (nSPS) is 26.8. The Balaban J connectivity index is 1.80. The molecule has 1 aliphatic heterocycles. The van der Waals surface area contributed by atoms with Gasteiger partial charge in [0.05, 0.1) is 6.04 Å². The van der Waals surface area contributed by atoms with Crippen molar-refractivity contribution in [2.24, 2.45) is 5.92 Å². The van der Waals surface area contributed by atoms with Gasteiger partial charge in [0, 0.05) is 29.0 Å². The summed E-state index contributed by atoms with van der Waals surface area (Å²) in [6.45, 7) is 0. The fraction of sp³-hybridized carbons (Fsp3) is 0.235.